The molecule has 0 unspecified atom stereocenters. The SMILES string of the molecule is COC(=O)/C=C(/CN1C(=O)CCC1=O)OC. The van der Waals surface area contributed by atoms with Gasteiger partial charge in [0, 0.05) is 12.8 Å². The van der Waals surface area contributed by atoms with E-state index >= 15 is 0 Å². The van der Waals surface area contributed by atoms with E-state index in [1.165, 1.54) is 14.2 Å². The van der Waals surface area contributed by atoms with Crippen LogP contribution in [-0.2, 0) is 23.9 Å². The van der Waals surface area contributed by atoms with Crippen LogP contribution in [0.25, 0.3) is 0 Å². The van der Waals surface area contributed by atoms with Crippen LogP contribution in [0, 0.1) is 0 Å². The molecular weight excluding hydrogens is 214 g/mol. The molecule has 6 heteroatoms. The first-order valence-corrected chi connectivity index (χ1v) is 4.74. The Kier molecular flexibility index (Phi) is 4.04. The summed E-state index contributed by atoms with van der Waals surface area (Å²) < 4.78 is 9.31. The number of carbonyl (C=O) groups excluding carboxylic acids is 3. The number of hydrogen-bond donors (Lipinski definition) is 0. The first kappa shape index (κ1) is 12.2. The van der Waals surface area contributed by atoms with Crippen molar-refractivity contribution in [3.05, 3.63) is 11.8 Å². The lowest BCUT2D eigenvalue weighted by Crippen LogP contribution is -2.31. The summed E-state index contributed by atoms with van der Waals surface area (Å²) in [6.07, 6.45) is 1.54. The Morgan fingerprint density at radius 1 is 1.25 bits per heavy atom. The molecule has 16 heavy (non-hydrogen) atoms. The molecule has 0 atom stereocenters. The van der Waals surface area contributed by atoms with Crippen LogP contribution in [0.4, 0.5) is 0 Å². The molecule has 88 valence electrons. The molecule has 1 aliphatic rings. The Bertz CT molecular complexity index is 331. The summed E-state index contributed by atoms with van der Waals surface area (Å²) in [5, 5.41) is 0. The van der Waals surface area contributed by atoms with E-state index in [0.29, 0.717) is 0 Å². The largest absolute Gasteiger partial charge is 0.499 e. The monoisotopic (exact) mass is 227 g/mol. The highest BCUT2D eigenvalue weighted by atomic mass is 16.5. The highest BCUT2D eigenvalue weighted by molar-refractivity contribution is 6.02. The van der Waals surface area contributed by atoms with E-state index in [1.807, 2.05) is 0 Å². The molecule has 0 bridgehead atoms. The normalized spacial score (nSPS) is 16.6. The van der Waals surface area contributed by atoms with Crippen LogP contribution in [0.2, 0.25) is 0 Å². The lowest BCUT2D eigenvalue weighted by atomic mass is 10.4. The number of rotatable bonds is 4. The van der Waals surface area contributed by atoms with Crippen LogP contribution >= 0.6 is 0 Å². The van der Waals surface area contributed by atoms with Gasteiger partial charge < -0.3 is 9.47 Å². The third-order valence-corrected chi connectivity index (χ3v) is 2.21. The molecule has 1 aliphatic heterocycles. The Balaban J connectivity index is 2.70. The van der Waals surface area contributed by atoms with Crippen molar-refractivity contribution in [2.24, 2.45) is 0 Å². The van der Waals surface area contributed by atoms with Gasteiger partial charge in [0.2, 0.25) is 11.8 Å². The molecule has 2 amide bonds. The van der Waals surface area contributed by atoms with Crippen molar-refractivity contribution in [2.75, 3.05) is 20.8 Å². The topological polar surface area (TPSA) is 72.9 Å². The highest BCUT2D eigenvalue weighted by Crippen LogP contribution is 2.13. The molecule has 0 radical (unpaired) electrons. The summed E-state index contributed by atoms with van der Waals surface area (Å²) in [5.74, 6) is -0.873. The Morgan fingerprint density at radius 3 is 2.25 bits per heavy atom. The van der Waals surface area contributed by atoms with Crippen LogP contribution in [0.3, 0.4) is 0 Å². The molecule has 6 nitrogen and oxygen atoms in total. The third-order valence-electron chi connectivity index (χ3n) is 2.21. The highest BCUT2D eigenvalue weighted by Gasteiger charge is 2.29. The van der Waals surface area contributed by atoms with Crippen LogP contribution in [0.1, 0.15) is 12.8 Å². The Hall–Kier alpha value is -1.85. The Morgan fingerprint density at radius 2 is 1.81 bits per heavy atom. The van der Waals surface area contributed by atoms with E-state index in [9.17, 15) is 14.4 Å². The minimum Gasteiger partial charge on any atom is -0.499 e. The van der Waals surface area contributed by atoms with Gasteiger partial charge in [-0.25, -0.2) is 4.79 Å². The van der Waals surface area contributed by atoms with Gasteiger partial charge in [-0.15, -0.1) is 0 Å². The number of likely N-dealkylation sites (tertiary alicyclic amines) is 1. The van der Waals surface area contributed by atoms with Crippen molar-refractivity contribution >= 4 is 17.8 Å². The molecule has 1 heterocycles. The summed E-state index contributed by atoms with van der Waals surface area (Å²) in [5.41, 5.74) is 0. The third kappa shape index (κ3) is 2.82. The number of hydrogen-bond acceptors (Lipinski definition) is 5. The lowest BCUT2D eigenvalue weighted by Gasteiger charge is -2.14. The van der Waals surface area contributed by atoms with Gasteiger partial charge in [-0.1, -0.05) is 0 Å². The van der Waals surface area contributed by atoms with Gasteiger partial charge >= 0.3 is 5.97 Å². The summed E-state index contributed by atoms with van der Waals surface area (Å²) in [6, 6.07) is 0. The van der Waals surface area contributed by atoms with Crippen LogP contribution < -0.4 is 0 Å². The average molecular weight is 227 g/mol. The quantitative estimate of drug-likeness (QED) is 0.289. The van der Waals surface area contributed by atoms with Gasteiger partial charge in [0.25, 0.3) is 0 Å². The number of carbonyl (C=O) groups is 3. The van der Waals surface area contributed by atoms with E-state index in [-0.39, 0.29) is 37.0 Å². The molecule has 0 aliphatic carbocycles. The number of methoxy groups -OCH3 is 2. The van der Waals surface area contributed by atoms with Crippen molar-refractivity contribution in [3.8, 4) is 0 Å². The maximum absolute atomic E-state index is 11.3. The van der Waals surface area contributed by atoms with Crippen LogP contribution in [-0.4, -0.2) is 43.4 Å². The average Bonchev–Trinajstić information content (AvgIpc) is 2.59. The summed E-state index contributed by atoms with van der Waals surface area (Å²) in [6.45, 7) is -0.0245. The second-order valence-electron chi connectivity index (χ2n) is 3.21. The zero-order chi connectivity index (χ0) is 12.1. The molecule has 0 N–H and O–H groups in total. The van der Waals surface area contributed by atoms with E-state index < -0.39 is 5.97 Å². The molecule has 1 fully saturated rings. The lowest BCUT2D eigenvalue weighted by molar-refractivity contribution is -0.139. The number of imide groups is 1. The molecule has 0 aromatic heterocycles. The maximum atomic E-state index is 11.3. The van der Waals surface area contributed by atoms with Crippen molar-refractivity contribution in [1.29, 1.82) is 0 Å². The fraction of sp³-hybridized carbons (Fsp3) is 0.500. The molecule has 0 spiro atoms. The van der Waals surface area contributed by atoms with Crippen molar-refractivity contribution in [3.63, 3.8) is 0 Å². The summed E-state index contributed by atoms with van der Waals surface area (Å²) in [7, 11) is 2.60. The van der Waals surface area contributed by atoms with E-state index in [1.54, 1.807) is 0 Å². The van der Waals surface area contributed by atoms with Gasteiger partial charge in [0.05, 0.1) is 26.8 Å². The molecule has 0 saturated carbocycles. The summed E-state index contributed by atoms with van der Waals surface area (Å²) >= 11 is 0. The Labute approximate surface area is 92.8 Å². The summed E-state index contributed by atoms with van der Waals surface area (Å²) in [4.78, 5) is 34.6. The minimum atomic E-state index is -0.587. The van der Waals surface area contributed by atoms with E-state index in [4.69, 9.17) is 4.74 Å². The smallest absolute Gasteiger partial charge is 0.333 e. The zero-order valence-electron chi connectivity index (χ0n) is 9.19. The van der Waals surface area contributed by atoms with Crippen LogP contribution in [0.15, 0.2) is 11.8 Å². The minimum absolute atomic E-state index is 0.0245. The second-order valence-corrected chi connectivity index (χ2v) is 3.21. The van der Waals surface area contributed by atoms with Gasteiger partial charge in [0.15, 0.2) is 0 Å². The van der Waals surface area contributed by atoms with E-state index in [0.717, 1.165) is 11.0 Å². The van der Waals surface area contributed by atoms with Gasteiger partial charge in [-0.2, -0.15) is 0 Å². The number of esters is 1. The maximum Gasteiger partial charge on any atom is 0.333 e. The molecular formula is C10H13NO5. The number of amides is 2. The first-order chi connectivity index (χ1) is 7.58. The molecule has 1 rings (SSSR count). The number of ether oxygens (including phenoxy) is 2. The standard InChI is InChI=1S/C10H13NO5/c1-15-7(5-10(14)16-2)6-11-8(12)3-4-9(11)13/h5H,3-4,6H2,1-2H3/b7-5-. The van der Waals surface area contributed by atoms with Crippen molar-refractivity contribution in [1.82, 2.24) is 4.90 Å². The molecule has 1 saturated heterocycles. The van der Waals surface area contributed by atoms with Crippen molar-refractivity contribution < 1.29 is 23.9 Å². The van der Waals surface area contributed by atoms with Gasteiger partial charge in [0.1, 0.15) is 5.76 Å². The van der Waals surface area contributed by atoms with Crippen molar-refractivity contribution in [2.45, 2.75) is 12.8 Å². The molecule has 0 aromatic rings. The second kappa shape index (κ2) is 5.29. The predicted octanol–water partition coefficient (Wildman–Crippen LogP) is -0.161. The number of nitrogens with zero attached hydrogens (tertiary/aromatic N) is 1. The van der Waals surface area contributed by atoms with Crippen LogP contribution in [0.5, 0.6) is 0 Å². The molecule has 0 aromatic carbocycles. The fourth-order valence-corrected chi connectivity index (χ4v) is 1.31. The van der Waals surface area contributed by atoms with E-state index in [2.05, 4.69) is 4.74 Å². The van der Waals surface area contributed by atoms with Gasteiger partial charge in [-0.05, 0) is 0 Å². The fourth-order valence-electron chi connectivity index (χ4n) is 1.31. The zero-order valence-corrected chi connectivity index (χ0v) is 9.19. The van der Waals surface area contributed by atoms with Gasteiger partial charge in [-0.3, -0.25) is 14.5 Å². The predicted molar refractivity (Wildman–Crippen MR) is 53.1 cm³/mol. The first-order valence-electron chi connectivity index (χ1n) is 4.74.